The van der Waals surface area contributed by atoms with Gasteiger partial charge in [-0.25, -0.2) is 4.39 Å². The van der Waals surface area contributed by atoms with E-state index in [0.717, 1.165) is 18.4 Å². The lowest BCUT2D eigenvalue weighted by Crippen LogP contribution is -2.37. The van der Waals surface area contributed by atoms with E-state index in [-0.39, 0.29) is 11.9 Å². The molecule has 106 valence electrons. The summed E-state index contributed by atoms with van der Waals surface area (Å²) in [7, 11) is 0. The molecule has 0 saturated heterocycles. The van der Waals surface area contributed by atoms with E-state index in [0.29, 0.717) is 23.4 Å². The minimum absolute atomic E-state index is 0.0686. The van der Waals surface area contributed by atoms with Crippen LogP contribution < -0.4 is 17.0 Å². The molecule has 3 unspecified atom stereocenters. The van der Waals surface area contributed by atoms with E-state index in [1.165, 1.54) is 18.6 Å². The minimum atomic E-state index is -0.263. The van der Waals surface area contributed by atoms with Crippen molar-refractivity contribution in [3.8, 4) is 0 Å². The van der Waals surface area contributed by atoms with Gasteiger partial charge in [-0.2, -0.15) is 0 Å². The number of hydrogen-bond donors (Lipinski definition) is 3. The van der Waals surface area contributed by atoms with E-state index in [4.69, 9.17) is 11.6 Å². The first-order valence-electron chi connectivity index (χ1n) is 7.02. The summed E-state index contributed by atoms with van der Waals surface area (Å²) < 4.78 is 13.4. The summed E-state index contributed by atoms with van der Waals surface area (Å²) in [5, 5.41) is 0. The molecule has 0 amide bonds. The highest BCUT2D eigenvalue weighted by molar-refractivity contribution is 5.48. The Hall–Kier alpha value is -1.13. The summed E-state index contributed by atoms with van der Waals surface area (Å²) in [4.78, 5) is 0. The second kappa shape index (κ2) is 5.88. The third kappa shape index (κ3) is 3.25. The fourth-order valence-corrected chi connectivity index (χ4v) is 3.58. The average Bonchev–Trinajstić information content (AvgIpc) is 2.33. The topological polar surface area (TPSA) is 64.1 Å². The lowest BCUT2D eigenvalue weighted by Gasteiger charge is -2.36. The summed E-state index contributed by atoms with van der Waals surface area (Å²) in [6, 6.07) is 4.44. The molecule has 1 aromatic rings. The Bertz CT molecular complexity index is 425. The number of nitrogen functional groups attached to an aromatic ring is 1. The Kier molecular flexibility index (Phi) is 4.42. The fraction of sp³-hybridized carbons (Fsp3) is 0.600. The maximum absolute atomic E-state index is 13.4. The van der Waals surface area contributed by atoms with Crippen molar-refractivity contribution < 1.29 is 4.39 Å². The van der Waals surface area contributed by atoms with Gasteiger partial charge in [-0.05, 0) is 60.8 Å². The van der Waals surface area contributed by atoms with E-state index < -0.39 is 0 Å². The Labute approximate surface area is 114 Å². The van der Waals surface area contributed by atoms with Crippen LogP contribution in [-0.2, 0) is 0 Å². The van der Waals surface area contributed by atoms with E-state index >= 15 is 0 Å². The first-order chi connectivity index (χ1) is 9.01. The zero-order valence-electron chi connectivity index (χ0n) is 11.7. The number of halogens is 1. The zero-order valence-corrected chi connectivity index (χ0v) is 11.7. The van der Waals surface area contributed by atoms with Crippen LogP contribution in [0.1, 0.15) is 44.7 Å². The summed E-state index contributed by atoms with van der Waals surface area (Å²) >= 11 is 0. The van der Waals surface area contributed by atoms with Crippen molar-refractivity contribution in [2.45, 2.75) is 39.2 Å². The molecule has 3 atom stereocenters. The molecule has 1 fully saturated rings. The minimum Gasteiger partial charge on any atom is -0.398 e. The van der Waals surface area contributed by atoms with Crippen LogP contribution in [0.2, 0.25) is 0 Å². The quantitative estimate of drug-likeness (QED) is 0.447. The van der Waals surface area contributed by atoms with Gasteiger partial charge in [0.2, 0.25) is 0 Å². The predicted molar refractivity (Wildman–Crippen MR) is 76.5 cm³/mol. The van der Waals surface area contributed by atoms with Crippen LogP contribution in [0, 0.1) is 23.6 Å². The fourth-order valence-electron chi connectivity index (χ4n) is 3.58. The maximum Gasteiger partial charge on any atom is 0.123 e. The molecule has 0 radical (unpaired) electrons. The molecule has 1 aliphatic rings. The SMILES string of the molecule is CC1CC(C)CC(C(NN)c2cc(F)ccc2N)C1. The van der Waals surface area contributed by atoms with E-state index in [1.807, 2.05) is 0 Å². The van der Waals surface area contributed by atoms with Crippen LogP contribution in [-0.4, -0.2) is 0 Å². The zero-order chi connectivity index (χ0) is 14.0. The average molecular weight is 265 g/mol. The van der Waals surface area contributed by atoms with Crippen LogP contribution in [0.4, 0.5) is 10.1 Å². The van der Waals surface area contributed by atoms with Crippen LogP contribution in [0.3, 0.4) is 0 Å². The van der Waals surface area contributed by atoms with Crippen LogP contribution in [0.25, 0.3) is 0 Å². The highest BCUT2D eigenvalue weighted by Gasteiger charge is 2.31. The highest BCUT2D eigenvalue weighted by atomic mass is 19.1. The van der Waals surface area contributed by atoms with Gasteiger partial charge >= 0.3 is 0 Å². The molecule has 0 aliphatic heterocycles. The first-order valence-corrected chi connectivity index (χ1v) is 7.02. The molecule has 1 saturated carbocycles. The molecule has 0 bridgehead atoms. The molecule has 4 heteroatoms. The van der Waals surface area contributed by atoms with Crippen molar-refractivity contribution in [1.29, 1.82) is 0 Å². The number of hydrazine groups is 1. The lowest BCUT2D eigenvalue weighted by molar-refractivity contribution is 0.177. The van der Waals surface area contributed by atoms with Gasteiger partial charge < -0.3 is 5.73 Å². The van der Waals surface area contributed by atoms with Gasteiger partial charge in [-0.1, -0.05) is 13.8 Å². The molecule has 0 aromatic heterocycles. The standard InChI is InChI=1S/C15H24FN3/c1-9-5-10(2)7-11(6-9)15(19-18)13-8-12(16)3-4-14(13)17/h3-4,8-11,15,19H,5-7,17-18H2,1-2H3. The third-order valence-corrected chi connectivity index (χ3v) is 4.25. The first kappa shape index (κ1) is 14.3. The van der Waals surface area contributed by atoms with E-state index in [9.17, 15) is 4.39 Å². The molecule has 3 nitrogen and oxygen atoms in total. The second-order valence-electron chi connectivity index (χ2n) is 6.10. The number of rotatable bonds is 3. The summed E-state index contributed by atoms with van der Waals surface area (Å²) in [5.41, 5.74) is 10.2. The van der Waals surface area contributed by atoms with E-state index in [2.05, 4.69) is 19.3 Å². The van der Waals surface area contributed by atoms with Crippen LogP contribution >= 0.6 is 0 Å². The van der Waals surface area contributed by atoms with Gasteiger partial charge in [-0.15, -0.1) is 0 Å². The lowest BCUT2D eigenvalue weighted by atomic mass is 9.72. The number of benzene rings is 1. The number of nitrogens with one attached hydrogen (secondary N) is 1. The molecule has 0 spiro atoms. The predicted octanol–water partition coefficient (Wildman–Crippen LogP) is 2.98. The van der Waals surface area contributed by atoms with E-state index in [1.54, 1.807) is 6.07 Å². The molecular formula is C15H24FN3. The Morgan fingerprint density at radius 3 is 2.42 bits per heavy atom. The van der Waals surface area contributed by atoms with Crippen molar-refractivity contribution in [2.75, 3.05) is 5.73 Å². The monoisotopic (exact) mass is 265 g/mol. The smallest absolute Gasteiger partial charge is 0.123 e. The largest absolute Gasteiger partial charge is 0.398 e. The van der Waals surface area contributed by atoms with Crippen molar-refractivity contribution in [2.24, 2.45) is 23.6 Å². The van der Waals surface area contributed by atoms with Gasteiger partial charge in [-0.3, -0.25) is 11.3 Å². The van der Waals surface area contributed by atoms with Gasteiger partial charge in [0.15, 0.2) is 0 Å². The number of nitrogens with two attached hydrogens (primary N) is 2. The second-order valence-corrected chi connectivity index (χ2v) is 6.10. The maximum atomic E-state index is 13.4. The van der Waals surface area contributed by atoms with Gasteiger partial charge in [0.05, 0.1) is 6.04 Å². The summed E-state index contributed by atoms with van der Waals surface area (Å²) in [6.45, 7) is 4.54. The molecule has 1 aliphatic carbocycles. The molecule has 1 aromatic carbocycles. The van der Waals surface area contributed by atoms with Crippen molar-refractivity contribution in [3.63, 3.8) is 0 Å². The third-order valence-electron chi connectivity index (χ3n) is 4.25. The van der Waals surface area contributed by atoms with Gasteiger partial charge in [0, 0.05) is 5.69 Å². The normalized spacial score (nSPS) is 29.2. The molecule has 0 heterocycles. The van der Waals surface area contributed by atoms with Gasteiger partial charge in [0.25, 0.3) is 0 Å². The Balaban J connectivity index is 2.26. The Morgan fingerprint density at radius 1 is 1.21 bits per heavy atom. The molecule has 19 heavy (non-hydrogen) atoms. The Morgan fingerprint density at radius 2 is 1.84 bits per heavy atom. The van der Waals surface area contributed by atoms with Crippen molar-refractivity contribution in [1.82, 2.24) is 5.43 Å². The van der Waals surface area contributed by atoms with Crippen LogP contribution in [0.5, 0.6) is 0 Å². The van der Waals surface area contributed by atoms with Crippen molar-refractivity contribution in [3.05, 3.63) is 29.6 Å². The van der Waals surface area contributed by atoms with Gasteiger partial charge in [0.1, 0.15) is 5.82 Å². The summed E-state index contributed by atoms with van der Waals surface area (Å²) in [6.07, 6.45) is 3.47. The van der Waals surface area contributed by atoms with Crippen LogP contribution in [0.15, 0.2) is 18.2 Å². The van der Waals surface area contributed by atoms with Crippen molar-refractivity contribution >= 4 is 5.69 Å². The molecular weight excluding hydrogens is 241 g/mol. The molecule has 5 N–H and O–H groups in total. The molecule has 2 rings (SSSR count). The summed E-state index contributed by atoms with van der Waals surface area (Å²) in [5.74, 6) is 7.22. The number of anilines is 1. The number of hydrogen-bond acceptors (Lipinski definition) is 3. The highest BCUT2D eigenvalue weighted by Crippen LogP contribution is 2.40.